The predicted octanol–water partition coefficient (Wildman–Crippen LogP) is 1.88. The summed E-state index contributed by atoms with van der Waals surface area (Å²) in [5, 5.41) is 0. The molecule has 1 aliphatic rings. The van der Waals surface area contributed by atoms with Crippen molar-refractivity contribution in [3.63, 3.8) is 0 Å². The van der Waals surface area contributed by atoms with E-state index in [0.717, 1.165) is 49.8 Å². The monoisotopic (exact) mass is 306 g/mol. The standard InChI is InChI=1S/C17H32N5/c1-17(2,3)13-20-9-11-21(12-10-20)14-7-6-8-15(16(14)18)22(4,5)19/h6-8H,9-13,18-19H2,1-5H3/q+1. The fourth-order valence-electron chi connectivity index (χ4n) is 3.14. The highest BCUT2D eigenvalue weighted by Gasteiger charge is 2.25. The molecule has 0 spiro atoms. The molecule has 1 aromatic carbocycles. The molecule has 5 nitrogen and oxygen atoms in total. The lowest BCUT2D eigenvalue weighted by atomic mass is 9.96. The number of nitrogen functional groups attached to an aromatic ring is 1. The van der Waals surface area contributed by atoms with Crippen LogP contribution < -0.4 is 21.1 Å². The van der Waals surface area contributed by atoms with E-state index in [1.807, 2.05) is 20.2 Å². The average Bonchev–Trinajstić information content (AvgIpc) is 2.37. The Morgan fingerprint density at radius 1 is 1.09 bits per heavy atom. The number of rotatable bonds is 3. The number of nitrogens with two attached hydrogens (primary N) is 2. The van der Waals surface area contributed by atoms with Gasteiger partial charge in [0.1, 0.15) is 5.69 Å². The molecule has 22 heavy (non-hydrogen) atoms. The van der Waals surface area contributed by atoms with Gasteiger partial charge in [-0.15, -0.1) is 0 Å². The lowest BCUT2D eigenvalue weighted by Crippen LogP contribution is -2.50. The molecular formula is C17H32N5+. The molecule has 1 fully saturated rings. The van der Waals surface area contributed by atoms with Crippen molar-refractivity contribution in [1.29, 1.82) is 0 Å². The first-order chi connectivity index (χ1) is 10.1. The zero-order chi connectivity index (χ0) is 16.5. The molecule has 0 saturated carbocycles. The van der Waals surface area contributed by atoms with Gasteiger partial charge in [0.15, 0.2) is 5.69 Å². The number of para-hydroxylation sites is 1. The van der Waals surface area contributed by atoms with Gasteiger partial charge in [0.25, 0.3) is 0 Å². The maximum atomic E-state index is 6.39. The van der Waals surface area contributed by atoms with Gasteiger partial charge < -0.3 is 10.6 Å². The average molecular weight is 306 g/mol. The summed E-state index contributed by atoms with van der Waals surface area (Å²) in [7, 11) is 3.88. The van der Waals surface area contributed by atoms with Crippen LogP contribution in [0.15, 0.2) is 18.2 Å². The highest BCUT2D eigenvalue weighted by Crippen LogP contribution is 2.34. The first-order valence-corrected chi connectivity index (χ1v) is 8.07. The minimum Gasteiger partial charge on any atom is -0.392 e. The van der Waals surface area contributed by atoms with Crippen molar-refractivity contribution in [3.8, 4) is 0 Å². The topological polar surface area (TPSA) is 58.5 Å². The fraction of sp³-hybridized carbons (Fsp3) is 0.647. The molecule has 4 N–H and O–H groups in total. The number of benzene rings is 1. The molecule has 0 aliphatic carbocycles. The zero-order valence-electron chi connectivity index (χ0n) is 14.8. The Morgan fingerprint density at radius 3 is 2.18 bits per heavy atom. The maximum Gasteiger partial charge on any atom is 0.176 e. The van der Waals surface area contributed by atoms with Crippen molar-refractivity contribution in [2.24, 2.45) is 11.3 Å². The Hall–Kier alpha value is -1.30. The number of quaternary nitrogens is 1. The van der Waals surface area contributed by atoms with Crippen LogP contribution in [-0.2, 0) is 0 Å². The highest BCUT2D eigenvalue weighted by atomic mass is 15.5. The number of hydrogen-bond acceptors (Lipinski definition) is 4. The third kappa shape index (κ3) is 4.12. The first kappa shape index (κ1) is 17.1. The molecule has 0 radical (unpaired) electrons. The van der Waals surface area contributed by atoms with Crippen LogP contribution in [0.1, 0.15) is 20.8 Å². The van der Waals surface area contributed by atoms with E-state index < -0.39 is 0 Å². The Morgan fingerprint density at radius 2 is 1.68 bits per heavy atom. The molecule has 2 rings (SSSR count). The van der Waals surface area contributed by atoms with Crippen LogP contribution in [0.25, 0.3) is 0 Å². The summed E-state index contributed by atoms with van der Waals surface area (Å²) in [6.07, 6.45) is 0. The molecule has 1 saturated heterocycles. The first-order valence-electron chi connectivity index (χ1n) is 8.07. The second-order valence-corrected chi connectivity index (χ2v) is 8.07. The molecule has 0 aromatic heterocycles. The number of nitrogens with zero attached hydrogens (tertiary/aromatic N) is 3. The maximum absolute atomic E-state index is 6.39. The van der Waals surface area contributed by atoms with Crippen molar-refractivity contribution in [3.05, 3.63) is 18.2 Å². The van der Waals surface area contributed by atoms with E-state index >= 15 is 0 Å². The van der Waals surface area contributed by atoms with Crippen LogP contribution >= 0.6 is 0 Å². The van der Waals surface area contributed by atoms with Crippen molar-refractivity contribution >= 4 is 17.1 Å². The summed E-state index contributed by atoms with van der Waals surface area (Å²) in [6.45, 7) is 12.2. The van der Waals surface area contributed by atoms with E-state index in [1.54, 1.807) is 0 Å². The molecule has 0 bridgehead atoms. The molecule has 0 amide bonds. The quantitative estimate of drug-likeness (QED) is 0.387. The molecule has 124 valence electrons. The summed E-state index contributed by atoms with van der Waals surface area (Å²) < 4.78 is 0.254. The van der Waals surface area contributed by atoms with Gasteiger partial charge in [-0.1, -0.05) is 26.8 Å². The van der Waals surface area contributed by atoms with E-state index in [2.05, 4.69) is 42.7 Å². The van der Waals surface area contributed by atoms with Gasteiger partial charge in [0.2, 0.25) is 0 Å². The minimum absolute atomic E-state index is 0.254. The predicted molar refractivity (Wildman–Crippen MR) is 96.8 cm³/mol. The van der Waals surface area contributed by atoms with Crippen LogP contribution in [0.2, 0.25) is 0 Å². The third-order valence-corrected chi connectivity index (χ3v) is 4.09. The molecule has 1 aromatic rings. The smallest absolute Gasteiger partial charge is 0.176 e. The summed E-state index contributed by atoms with van der Waals surface area (Å²) in [6, 6.07) is 6.16. The fourth-order valence-corrected chi connectivity index (χ4v) is 3.14. The molecule has 1 aliphatic heterocycles. The number of anilines is 2. The highest BCUT2D eigenvalue weighted by molar-refractivity contribution is 5.80. The van der Waals surface area contributed by atoms with Crippen LogP contribution in [0.4, 0.5) is 17.1 Å². The van der Waals surface area contributed by atoms with Crippen LogP contribution in [0.3, 0.4) is 0 Å². The molecule has 0 atom stereocenters. The van der Waals surface area contributed by atoms with Crippen LogP contribution in [-0.4, -0.2) is 51.7 Å². The van der Waals surface area contributed by atoms with Crippen molar-refractivity contribution in [2.75, 3.05) is 57.5 Å². The second kappa shape index (κ2) is 6.07. The Labute approximate surface area is 135 Å². The lowest BCUT2D eigenvalue weighted by molar-refractivity contribution is 0.182. The number of hydrogen-bond donors (Lipinski definition) is 2. The van der Waals surface area contributed by atoms with Gasteiger partial charge in [-0.05, 0) is 11.5 Å². The van der Waals surface area contributed by atoms with Crippen molar-refractivity contribution in [1.82, 2.24) is 9.49 Å². The van der Waals surface area contributed by atoms with Gasteiger partial charge >= 0.3 is 0 Å². The molecule has 0 unspecified atom stereocenters. The van der Waals surface area contributed by atoms with E-state index in [9.17, 15) is 0 Å². The molecule has 1 heterocycles. The Bertz CT molecular complexity index is 505. The van der Waals surface area contributed by atoms with E-state index in [0.29, 0.717) is 5.41 Å². The van der Waals surface area contributed by atoms with Gasteiger partial charge in [-0.2, -0.15) is 5.84 Å². The zero-order valence-corrected chi connectivity index (χ0v) is 14.8. The third-order valence-electron chi connectivity index (χ3n) is 4.09. The van der Waals surface area contributed by atoms with E-state index in [4.69, 9.17) is 11.6 Å². The summed E-state index contributed by atoms with van der Waals surface area (Å²) in [5.74, 6) is 6.18. The normalized spacial score (nSPS) is 17.8. The van der Waals surface area contributed by atoms with Crippen LogP contribution in [0, 0.1) is 5.41 Å². The molecule has 5 heteroatoms. The Balaban J connectivity index is 2.09. The number of piperazine rings is 1. The summed E-state index contributed by atoms with van der Waals surface area (Å²) in [4.78, 5) is 4.92. The van der Waals surface area contributed by atoms with Gasteiger partial charge in [-0.25, -0.2) is 4.59 Å². The van der Waals surface area contributed by atoms with Crippen molar-refractivity contribution < 1.29 is 0 Å². The summed E-state index contributed by atoms with van der Waals surface area (Å²) in [5.41, 5.74) is 9.62. The largest absolute Gasteiger partial charge is 0.392 e. The van der Waals surface area contributed by atoms with Gasteiger partial charge in [0.05, 0.1) is 19.8 Å². The van der Waals surface area contributed by atoms with Crippen LogP contribution in [0.5, 0.6) is 0 Å². The second-order valence-electron chi connectivity index (χ2n) is 8.07. The van der Waals surface area contributed by atoms with Gasteiger partial charge in [-0.3, -0.25) is 4.90 Å². The lowest BCUT2D eigenvalue weighted by Gasteiger charge is -2.39. The summed E-state index contributed by atoms with van der Waals surface area (Å²) >= 11 is 0. The van der Waals surface area contributed by atoms with E-state index in [1.165, 1.54) is 0 Å². The van der Waals surface area contributed by atoms with Crippen molar-refractivity contribution in [2.45, 2.75) is 20.8 Å². The van der Waals surface area contributed by atoms with Gasteiger partial charge in [0, 0.05) is 38.8 Å². The van der Waals surface area contributed by atoms with E-state index in [-0.39, 0.29) is 4.59 Å². The Kier molecular flexibility index (Phi) is 4.70. The molecular weight excluding hydrogens is 274 g/mol. The SMILES string of the molecule is CC(C)(C)CN1CCN(c2cccc([N+](C)(C)N)c2N)CC1. The minimum atomic E-state index is 0.254.